The van der Waals surface area contributed by atoms with Gasteiger partial charge in [0.25, 0.3) is 0 Å². The Bertz CT molecular complexity index is 293. The second-order valence-electron chi connectivity index (χ2n) is 2.71. The zero-order valence-electron chi connectivity index (χ0n) is 7.80. The van der Waals surface area contributed by atoms with E-state index in [9.17, 15) is 5.11 Å². The molecule has 0 spiro atoms. The normalized spacial score (nSPS) is 11.6. The fraction of sp³-hybridized carbons (Fsp3) is 0.333. The smallest absolute Gasteiger partial charge is 0.124 e. The zero-order chi connectivity index (χ0) is 9.84. The molecule has 0 radical (unpaired) electrons. The Morgan fingerprint density at radius 1 is 1.50 bits per heavy atom. The number of nitrogens with two attached hydrogens (primary N) is 1. The van der Waals surface area contributed by atoms with Crippen molar-refractivity contribution in [2.24, 2.45) is 5.73 Å². The SMILES string of the molecule is COc1ccc([C@H](N)CO)c(O)c1.Cl. The van der Waals surface area contributed by atoms with E-state index in [-0.39, 0.29) is 24.8 Å². The molecule has 0 heterocycles. The predicted molar refractivity (Wildman–Crippen MR) is 55.9 cm³/mol. The molecule has 0 unspecified atom stereocenters. The van der Waals surface area contributed by atoms with Gasteiger partial charge in [0, 0.05) is 11.6 Å². The zero-order valence-corrected chi connectivity index (χ0v) is 8.62. The quantitative estimate of drug-likeness (QED) is 0.704. The van der Waals surface area contributed by atoms with Crippen LogP contribution in [0.25, 0.3) is 0 Å². The molecule has 0 bridgehead atoms. The first-order valence-electron chi connectivity index (χ1n) is 3.92. The Hall–Kier alpha value is -0.970. The maximum atomic E-state index is 9.45. The summed E-state index contributed by atoms with van der Waals surface area (Å²) in [4.78, 5) is 0. The molecule has 5 heteroatoms. The lowest BCUT2D eigenvalue weighted by Gasteiger charge is -2.11. The Balaban J connectivity index is 0.00000169. The minimum atomic E-state index is -0.550. The van der Waals surface area contributed by atoms with Gasteiger partial charge >= 0.3 is 0 Å². The number of ether oxygens (including phenoxy) is 1. The molecule has 80 valence electrons. The molecule has 1 aromatic carbocycles. The molecule has 1 rings (SSSR count). The van der Waals surface area contributed by atoms with Gasteiger partial charge in [-0.25, -0.2) is 0 Å². The van der Waals surface area contributed by atoms with Crippen molar-refractivity contribution in [3.05, 3.63) is 23.8 Å². The lowest BCUT2D eigenvalue weighted by molar-refractivity contribution is 0.265. The first-order chi connectivity index (χ1) is 6.19. The number of halogens is 1. The van der Waals surface area contributed by atoms with E-state index in [4.69, 9.17) is 15.6 Å². The van der Waals surface area contributed by atoms with Gasteiger partial charge in [-0.05, 0) is 12.1 Å². The fourth-order valence-corrected chi connectivity index (χ4v) is 1.06. The van der Waals surface area contributed by atoms with Gasteiger partial charge in [0.15, 0.2) is 0 Å². The van der Waals surface area contributed by atoms with Gasteiger partial charge in [0.1, 0.15) is 11.5 Å². The maximum Gasteiger partial charge on any atom is 0.124 e. The van der Waals surface area contributed by atoms with Crippen LogP contribution in [0.15, 0.2) is 18.2 Å². The average Bonchev–Trinajstić information content (AvgIpc) is 2.16. The molecule has 0 saturated carbocycles. The highest BCUT2D eigenvalue weighted by Gasteiger charge is 2.09. The summed E-state index contributed by atoms with van der Waals surface area (Å²) in [6.07, 6.45) is 0. The van der Waals surface area contributed by atoms with Crippen molar-refractivity contribution >= 4 is 12.4 Å². The standard InChI is InChI=1S/C9H13NO3.ClH/c1-13-6-2-3-7(8(10)5-11)9(12)4-6;/h2-4,8,11-12H,5,10H2,1H3;1H/t8-;/m1./s1. The van der Waals surface area contributed by atoms with Crippen molar-refractivity contribution in [1.29, 1.82) is 0 Å². The van der Waals surface area contributed by atoms with E-state index in [0.717, 1.165) is 0 Å². The van der Waals surface area contributed by atoms with E-state index in [1.165, 1.54) is 13.2 Å². The second kappa shape index (κ2) is 5.70. The molecule has 1 atom stereocenters. The van der Waals surface area contributed by atoms with Crippen molar-refractivity contribution < 1.29 is 14.9 Å². The topological polar surface area (TPSA) is 75.7 Å². The van der Waals surface area contributed by atoms with E-state index in [1.807, 2.05) is 0 Å². The highest BCUT2D eigenvalue weighted by atomic mass is 35.5. The third-order valence-corrected chi connectivity index (χ3v) is 1.83. The number of phenols is 1. The number of rotatable bonds is 3. The van der Waals surface area contributed by atoms with Gasteiger partial charge in [-0.2, -0.15) is 0 Å². The van der Waals surface area contributed by atoms with Gasteiger partial charge < -0.3 is 20.7 Å². The Morgan fingerprint density at radius 3 is 2.57 bits per heavy atom. The van der Waals surface area contributed by atoms with Crippen LogP contribution in [0.4, 0.5) is 0 Å². The molecular formula is C9H14ClNO3. The summed E-state index contributed by atoms with van der Waals surface area (Å²) in [5.41, 5.74) is 6.05. The molecular weight excluding hydrogens is 206 g/mol. The van der Waals surface area contributed by atoms with E-state index in [1.54, 1.807) is 12.1 Å². The third-order valence-electron chi connectivity index (χ3n) is 1.83. The first kappa shape index (κ1) is 13.0. The maximum absolute atomic E-state index is 9.45. The third kappa shape index (κ3) is 2.77. The molecule has 4 nitrogen and oxygen atoms in total. The van der Waals surface area contributed by atoms with Crippen LogP contribution in [0.3, 0.4) is 0 Å². The van der Waals surface area contributed by atoms with Gasteiger partial charge in [-0.15, -0.1) is 12.4 Å². The average molecular weight is 220 g/mol. The Kier molecular flexibility index (Phi) is 5.30. The molecule has 0 aliphatic heterocycles. The van der Waals surface area contributed by atoms with Gasteiger partial charge in [-0.1, -0.05) is 0 Å². The lowest BCUT2D eigenvalue weighted by Crippen LogP contribution is -2.14. The second-order valence-corrected chi connectivity index (χ2v) is 2.71. The van der Waals surface area contributed by atoms with Crippen molar-refractivity contribution in [3.8, 4) is 11.5 Å². The molecule has 4 N–H and O–H groups in total. The Labute approximate surface area is 88.7 Å². The molecule has 0 saturated heterocycles. The highest BCUT2D eigenvalue weighted by molar-refractivity contribution is 5.85. The summed E-state index contributed by atoms with van der Waals surface area (Å²) in [6, 6.07) is 4.23. The number of hydrogen-bond donors (Lipinski definition) is 3. The summed E-state index contributed by atoms with van der Waals surface area (Å²) in [5, 5.41) is 18.2. The number of aliphatic hydroxyl groups excluding tert-OH is 1. The monoisotopic (exact) mass is 219 g/mol. The summed E-state index contributed by atoms with van der Waals surface area (Å²) in [7, 11) is 1.51. The molecule has 0 amide bonds. The van der Waals surface area contributed by atoms with Crippen LogP contribution in [-0.4, -0.2) is 23.9 Å². The van der Waals surface area contributed by atoms with E-state index in [0.29, 0.717) is 11.3 Å². The predicted octanol–water partition coefficient (Wildman–Crippen LogP) is 0.815. The largest absolute Gasteiger partial charge is 0.507 e. The van der Waals surface area contributed by atoms with Crippen LogP contribution < -0.4 is 10.5 Å². The van der Waals surface area contributed by atoms with Crippen molar-refractivity contribution in [1.82, 2.24) is 0 Å². The number of methoxy groups -OCH3 is 1. The summed E-state index contributed by atoms with van der Waals surface area (Å²) in [5.74, 6) is 0.604. The number of hydrogen-bond acceptors (Lipinski definition) is 4. The highest BCUT2D eigenvalue weighted by Crippen LogP contribution is 2.26. The van der Waals surface area contributed by atoms with Crippen LogP contribution in [0, 0.1) is 0 Å². The van der Waals surface area contributed by atoms with Crippen LogP contribution in [0.1, 0.15) is 11.6 Å². The molecule has 0 aliphatic carbocycles. The molecule has 0 fully saturated rings. The number of aliphatic hydroxyl groups is 1. The summed E-state index contributed by atoms with van der Waals surface area (Å²) < 4.78 is 4.90. The number of benzene rings is 1. The van der Waals surface area contributed by atoms with Crippen LogP contribution >= 0.6 is 12.4 Å². The van der Waals surface area contributed by atoms with Gasteiger partial charge in [0.2, 0.25) is 0 Å². The van der Waals surface area contributed by atoms with Gasteiger partial charge in [0.05, 0.1) is 19.8 Å². The van der Waals surface area contributed by atoms with Crippen molar-refractivity contribution in [2.45, 2.75) is 6.04 Å². The molecule has 0 aromatic heterocycles. The minimum absolute atomic E-state index is 0. The van der Waals surface area contributed by atoms with Crippen LogP contribution in [0.5, 0.6) is 11.5 Å². The van der Waals surface area contributed by atoms with E-state index in [2.05, 4.69) is 0 Å². The first-order valence-corrected chi connectivity index (χ1v) is 3.92. The van der Waals surface area contributed by atoms with Crippen LogP contribution in [0.2, 0.25) is 0 Å². The summed E-state index contributed by atoms with van der Waals surface area (Å²) in [6.45, 7) is -0.195. The van der Waals surface area contributed by atoms with Crippen molar-refractivity contribution in [3.63, 3.8) is 0 Å². The molecule has 14 heavy (non-hydrogen) atoms. The lowest BCUT2D eigenvalue weighted by atomic mass is 10.1. The summed E-state index contributed by atoms with van der Waals surface area (Å²) >= 11 is 0. The van der Waals surface area contributed by atoms with Gasteiger partial charge in [-0.3, -0.25) is 0 Å². The number of aromatic hydroxyl groups is 1. The van der Waals surface area contributed by atoms with E-state index >= 15 is 0 Å². The number of phenolic OH excluding ortho intramolecular Hbond substituents is 1. The minimum Gasteiger partial charge on any atom is -0.507 e. The van der Waals surface area contributed by atoms with Crippen molar-refractivity contribution in [2.75, 3.05) is 13.7 Å². The Morgan fingerprint density at radius 2 is 2.14 bits per heavy atom. The molecule has 1 aromatic rings. The fourth-order valence-electron chi connectivity index (χ4n) is 1.06. The van der Waals surface area contributed by atoms with Crippen LogP contribution in [-0.2, 0) is 0 Å². The van der Waals surface area contributed by atoms with E-state index < -0.39 is 6.04 Å². The molecule has 0 aliphatic rings.